The van der Waals surface area contributed by atoms with E-state index in [1.165, 1.54) is 0 Å². The zero-order valence-corrected chi connectivity index (χ0v) is 16.7. The Labute approximate surface area is 176 Å². The summed E-state index contributed by atoms with van der Waals surface area (Å²) >= 11 is 0. The third-order valence-corrected chi connectivity index (χ3v) is 4.52. The largest absolute Gasteiger partial charge is 0.471 e. The number of nitrogens with one attached hydrogen (secondary N) is 2. The SMILES string of the molecule is Nc1nc2nc(OCc3ccccc3)nc(CCCCCCNC(=O)C(F)(F)F)c2[nH]1. The van der Waals surface area contributed by atoms with Crippen LogP contribution in [0.1, 0.15) is 36.9 Å². The van der Waals surface area contributed by atoms with Crippen LogP contribution in [0.3, 0.4) is 0 Å². The highest BCUT2D eigenvalue weighted by atomic mass is 19.4. The molecule has 1 amide bonds. The summed E-state index contributed by atoms with van der Waals surface area (Å²) in [7, 11) is 0. The van der Waals surface area contributed by atoms with Crippen molar-refractivity contribution < 1.29 is 22.7 Å². The van der Waals surface area contributed by atoms with Gasteiger partial charge in [0.05, 0.1) is 5.69 Å². The van der Waals surface area contributed by atoms with Crippen LogP contribution in [-0.4, -0.2) is 38.6 Å². The van der Waals surface area contributed by atoms with Crippen molar-refractivity contribution in [3.63, 3.8) is 0 Å². The maximum absolute atomic E-state index is 12.1. The number of halogens is 3. The number of carbonyl (C=O) groups excluding carboxylic acids is 1. The fraction of sp³-hybridized carbons (Fsp3) is 0.400. The molecule has 11 heteroatoms. The Kier molecular flexibility index (Phi) is 7.27. The lowest BCUT2D eigenvalue weighted by Gasteiger charge is -2.08. The maximum atomic E-state index is 12.1. The summed E-state index contributed by atoms with van der Waals surface area (Å²) in [4.78, 5) is 26.6. The third kappa shape index (κ3) is 6.56. The van der Waals surface area contributed by atoms with Crippen LogP contribution in [0.15, 0.2) is 30.3 Å². The average Bonchev–Trinajstić information content (AvgIpc) is 3.11. The van der Waals surface area contributed by atoms with Crippen molar-refractivity contribution in [1.82, 2.24) is 25.3 Å². The van der Waals surface area contributed by atoms with Crippen LogP contribution in [0.25, 0.3) is 11.2 Å². The van der Waals surface area contributed by atoms with E-state index in [0.29, 0.717) is 42.7 Å². The highest BCUT2D eigenvalue weighted by Crippen LogP contribution is 2.20. The van der Waals surface area contributed by atoms with Crippen LogP contribution in [0.5, 0.6) is 6.01 Å². The molecule has 3 aromatic rings. The minimum Gasteiger partial charge on any atom is -0.459 e. The van der Waals surface area contributed by atoms with Crippen LogP contribution >= 0.6 is 0 Å². The number of H-pyrrole nitrogens is 1. The van der Waals surface area contributed by atoms with Crippen molar-refractivity contribution in [2.45, 2.75) is 44.9 Å². The Morgan fingerprint density at radius 2 is 1.81 bits per heavy atom. The molecule has 4 N–H and O–H groups in total. The lowest BCUT2D eigenvalue weighted by atomic mass is 10.1. The number of imidazole rings is 1. The van der Waals surface area contributed by atoms with Gasteiger partial charge in [-0.25, -0.2) is 0 Å². The molecule has 0 atom stereocenters. The number of aryl methyl sites for hydroxylation is 1. The number of hydrogen-bond acceptors (Lipinski definition) is 6. The number of nitrogens with zero attached hydrogens (tertiary/aromatic N) is 3. The Hall–Kier alpha value is -3.37. The van der Waals surface area contributed by atoms with Crippen molar-refractivity contribution in [1.29, 1.82) is 0 Å². The second-order valence-electron chi connectivity index (χ2n) is 6.97. The summed E-state index contributed by atoms with van der Waals surface area (Å²) in [6.45, 7) is 0.306. The molecule has 0 saturated heterocycles. The number of anilines is 1. The maximum Gasteiger partial charge on any atom is 0.471 e. The summed E-state index contributed by atoms with van der Waals surface area (Å²) in [6, 6.07) is 9.81. The highest BCUT2D eigenvalue weighted by Gasteiger charge is 2.38. The number of alkyl halides is 3. The molecular formula is C20H23F3N6O2. The molecule has 0 fully saturated rings. The molecule has 0 spiro atoms. The number of aromatic amines is 1. The number of unbranched alkanes of at least 4 members (excludes halogenated alkanes) is 3. The van der Waals surface area contributed by atoms with Gasteiger partial charge < -0.3 is 20.8 Å². The Bertz CT molecular complexity index is 1010. The van der Waals surface area contributed by atoms with Gasteiger partial charge in [-0.2, -0.15) is 28.1 Å². The van der Waals surface area contributed by atoms with Gasteiger partial charge in [0.2, 0.25) is 0 Å². The van der Waals surface area contributed by atoms with Gasteiger partial charge in [0, 0.05) is 6.54 Å². The lowest BCUT2D eigenvalue weighted by molar-refractivity contribution is -0.173. The molecule has 166 valence electrons. The molecule has 2 heterocycles. The first-order valence-electron chi connectivity index (χ1n) is 9.87. The molecular weight excluding hydrogens is 413 g/mol. The van der Waals surface area contributed by atoms with Crippen molar-refractivity contribution in [3.8, 4) is 6.01 Å². The van der Waals surface area contributed by atoms with Crippen LogP contribution in [-0.2, 0) is 17.8 Å². The number of hydrogen-bond donors (Lipinski definition) is 3. The van der Waals surface area contributed by atoms with Crippen LogP contribution in [0, 0.1) is 0 Å². The molecule has 8 nitrogen and oxygen atoms in total. The summed E-state index contributed by atoms with van der Waals surface area (Å²) in [5.41, 5.74) is 8.50. The number of carbonyl (C=O) groups is 1. The van der Waals surface area contributed by atoms with E-state index in [2.05, 4.69) is 19.9 Å². The van der Waals surface area contributed by atoms with Gasteiger partial charge in [0.1, 0.15) is 12.1 Å². The van der Waals surface area contributed by atoms with Gasteiger partial charge in [0.25, 0.3) is 0 Å². The lowest BCUT2D eigenvalue weighted by Crippen LogP contribution is -2.37. The van der Waals surface area contributed by atoms with Crippen LogP contribution < -0.4 is 15.8 Å². The number of benzene rings is 1. The molecule has 0 aliphatic heterocycles. The average molecular weight is 436 g/mol. The standard InChI is InChI=1S/C20H23F3N6O2/c21-20(22,23)17(30)25-11-7-2-1-6-10-14-15-16(28-18(24)27-15)29-19(26-14)31-12-13-8-4-3-5-9-13/h3-5,8-9H,1-2,6-7,10-12H2,(H,25,30)(H3,24,26,27,28,29). The first-order chi connectivity index (χ1) is 14.8. The monoisotopic (exact) mass is 436 g/mol. The van der Waals surface area contributed by atoms with E-state index in [1.54, 1.807) is 0 Å². The van der Waals surface area contributed by atoms with E-state index in [9.17, 15) is 18.0 Å². The molecule has 0 bridgehead atoms. The number of amides is 1. The van der Waals surface area contributed by atoms with Gasteiger partial charge >= 0.3 is 18.1 Å². The van der Waals surface area contributed by atoms with Crippen molar-refractivity contribution in [2.24, 2.45) is 0 Å². The zero-order chi connectivity index (χ0) is 22.3. The second kappa shape index (κ2) is 10.1. The van der Waals surface area contributed by atoms with Crippen LogP contribution in [0.4, 0.5) is 19.1 Å². The summed E-state index contributed by atoms with van der Waals surface area (Å²) in [5.74, 6) is -1.68. The molecule has 3 rings (SSSR count). The predicted octanol–water partition coefficient (Wildman–Crippen LogP) is 3.30. The molecule has 0 unspecified atom stereocenters. The second-order valence-corrected chi connectivity index (χ2v) is 6.97. The first kappa shape index (κ1) is 22.3. The first-order valence-corrected chi connectivity index (χ1v) is 9.87. The Morgan fingerprint density at radius 1 is 1.06 bits per heavy atom. The molecule has 2 aromatic heterocycles. The summed E-state index contributed by atoms with van der Waals surface area (Å²) in [5, 5.41) is 1.86. The van der Waals surface area contributed by atoms with Gasteiger partial charge in [-0.05, 0) is 24.8 Å². The number of fused-ring (bicyclic) bond motifs is 1. The van der Waals surface area contributed by atoms with E-state index >= 15 is 0 Å². The summed E-state index contributed by atoms with van der Waals surface area (Å²) in [6.07, 6.45) is -1.60. The molecule has 31 heavy (non-hydrogen) atoms. The van der Waals surface area contributed by atoms with E-state index in [0.717, 1.165) is 18.4 Å². The number of ether oxygens (including phenoxy) is 1. The zero-order valence-electron chi connectivity index (χ0n) is 16.7. The minimum atomic E-state index is -4.84. The van der Waals surface area contributed by atoms with Crippen LogP contribution in [0.2, 0.25) is 0 Å². The smallest absolute Gasteiger partial charge is 0.459 e. The van der Waals surface area contributed by atoms with Gasteiger partial charge in [-0.1, -0.05) is 43.2 Å². The van der Waals surface area contributed by atoms with Crippen molar-refractivity contribution in [2.75, 3.05) is 12.3 Å². The van der Waals surface area contributed by atoms with E-state index in [1.807, 2.05) is 35.6 Å². The molecule has 0 aliphatic rings. The Morgan fingerprint density at radius 3 is 2.55 bits per heavy atom. The van der Waals surface area contributed by atoms with E-state index in [-0.39, 0.29) is 18.5 Å². The topological polar surface area (TPSA) is 119 Å². The number of nitrogens with two attached hydrogens (primary N) is 1. The fourth-order valence-electron chi connectivity index (χ4n) is 2.99. The third-order valence-electron chi connectivity index (χ3n) is 4.52. The number of nitrogen functional groups attached to an aromatic ring is 1. The van der Waals surface area contributed by atoms with Gasteiger partial charge in [0.15, 0.2) is 11.6 Å². The molecule has 1 aromatic carbocycles. The number of aromatic nitrogens is 4. The highest BCUT2D eigenvalue weighted by molar-refractivity contribution is 5.81. The number of rotatable bonds is 10. The fourth-order valence-corrected chi connectivity index (χ4v) is 2.99. The molecule has 0 saturated carbocycles. The van der Waals surface area contributed by atoms with Gasteiger partial charge in [-0.3, -0.25) is 4.79 Å². The summed E-state index contributed by atoms with van der Waals surface area (Å²) < 4.78 is 42.1. The predicted molar refractivity (Wildman–Crippen MR) is 108 cm³/mol. The van der Waals surface area contributed by atoms with Crippen molar-refractivity contribution in [3.05, 3.63) is 41.6 Å². The van der Waals surface area contributed by atoms with E-state index < -0.39 is 12.1 Å². The minimum absolute atomic E-state index is 0.00927. The van der Waals surface area contributed by atoms with Crippen molar-refractivity contribution >= 4 is 23.0 Å². The quantitative estimate of drug-likeness (QED) is 0.420. The normalized spacial score (nSPS) is 11.6. The van der Waals surface area contributed by atoms with E-state index in [4.69, 9.17) is 10.5 Å². The van der Waals surface area contributed by atoms with Gasteiger partial charge in [-0.15, -0.1) is 0 Å². The molecule has 0 radical (unpaired) electrons. The Balaban J connectivity index is 1.51. The molecule has 0 aliphatic carbocycles.